The molecule has 0 heterocycles. The minimum Gasteiger partial charge on any atom is -0.388 e. The van der Waals surface area contributed by atoms with Gasteiger partial charge in [0.1, 0.15) is 0 Å². The molecule has 0 aromatic heterocycles. The number of hydrogen-bond donors (Lipinski definition) is 1. The Kier molecular flexibility index (Phi) is 4.55. The van der Waals surface area contributed by atoms with E-state index >= 15 is 0 Å². The molecule has 1 aromatic rings. The first kappa shape index (κ1) is 13.2. The van der Waals surface area contributed by atoms with Gasteiger partial charge in [-0.05, 0) is 48.9 Å². The summed E-state index contributed by atoms with van der Waals surface area (Å²) >= 11 is 0. The molecular formula is C15H24O. The Hall–Kier alpha value is -0.820. The van der Waals surface area contributed by atoms with E-state index in [0.717, 1.165) is 18.4 Å². The molecule has 16 heavy (non-hydrogen) atoms. The van der Waals surface area contributed by atoms with Crippen LogP contribution in [0.5, 0.6) is 0 Å². The van der Waals surface area contributed by atoms with Crippen LogP contribution in [0.3, 0.4) is 0 Å². The molecule has 0 aliphatic carbocycles. The van der Waals surface area contributed by atoms with Crippen LogP contribution in [0.2, 0.25) is 0 Å². The maximum absolute atomic E-state index is 10.4. The highest BCUT2D eigenvalue weighted by atomic mass is 16.3. The summed E-state index contributed by atoms with van der Waals surface area (Å²) in [6.45, 7) is 10.6. The van der Waals surface area contributed by atoms with Crippen LogP contribution in [0.4, 0.5) is 0 Å². The average Bonchev–Trinajstić information content (AvgIpc) is 2.25. The maximum Gasteiger partial charge on any atom is 0.0820 e. The molecule has 1 aromatic carbocycles. The molecule has 0 aliphatic heterocycles. The van der Waals surface area contributed by atoms with Crippen molar-refractivity contribution >= 4 is 0 Å². The highest BCUT2D eigenvalue weighted by Crippen LogP contribution is 2.30. The van der Waals surface area contributed by atoms with E-state index in [0.29, 0.717) is 5.92 Å². The summed E-state index contributed by atoms with van der Waals surface area (Å²) in [4.78, 5) is 0. The van der Waals surface area contributed by atoms with Gasteiger partial charge in [-0.2, -0.15) is 0 Å². The van der Waals surface area contributed by atoms with Gasteiger partial charge in [-0.3, -0.25) is 0 Å². The second-order valence-electron chi connectivity index (χ2n) is 4.81. The van der Waals surface area contributed by atoms with E-state index in [-0.39, 0.29) is 6.10 Å². The number of rotatable bonds is 4. The molecule has 0 saturated carbocycles. The van der Waals surface area contributed by atoms with Crippen molar-refractivity contribution in [3.8, 4) is 0 Å². The van der Waals surface area contributed by atoms with Crippen molar-refractivity contribution in [3.63, 3.8) is 0 Å². The molecule has 0 fully saturated rings. The van der Waals surface area contributed by atoms with Crippen LogP contribution >= 0.6 is 0 Å². The largest absolute Gasteiger partial charge is 0.388 e. The van der Waals surface area contributed by atoms with Crippen LogP contribution in [-0.4, -0.2) is 5.11 Å². The summed E-state index contributed by atoms with van der Waals surface area (Å²) in [5.74, 6) is 0.376. The normalized spacial score (nSPS) is 13.2. The third kappa shape index (κ3) is 2.65. The average molecular weight is 220 g/mol. The van der Waals surface area contributed by atoms with Gasteiger partial charge in [0.15, 0.2) is 0 Å². The number of aliphatic hydroxyl groups is 1. The third-order valence-corrected chi connectivity index (χ3v) is 3.70. The minimum absolute atomic E-state index is 0.311. The number of benzene rings is 1. The van der Waals surface area contributed by atoms with E-state index in [1.165, 1.54) is 16.7 Å². The predicted octanol–water partition coefficient (Wildman–Crippen LogP) is 4.08. The summed E-state index contributed by atoms with van der Waals surface area (Å²) in [6.07, 6.45) is 1.75. The van der Waals surface area contributed by atoms with E-state index < -0.39 is 0 Å². The standard InChI is InChI=1S/C15H24O/c1-6-13(7-2)15(16)14-9-11(4)10(3)8-12(14)5/h8-9,13,15-16H,6-7H2,1-5H3. The van der Waals surface area contributed by atoms with E-state index in [4.69, 9.17) is 0 Å². The highest BCUT2D eigenvalue weighted by Gasteiger charge is 2.19. The zero-order chi connectivity index (χ0) is 12.3. The van der Waals surface area contributed by atoms with Gasteiger partial charge in [0.2, 0.25) is 0 Å². The zero-order valence-corrected chi connectivity index (χ0v) is 11.2. The second kappa shape index (κ2) is 5.49. The first-order valence-electron chi connectivity index (χ1n) is 6.27. The first-order chi connectivity index (χ1) is 7.51. The molecule has 1 rings (SSSR count). The molecule has 0 spiro atoms. The summed E-state index contributed by atoms with van der Waals surface area (Å²) in [5.41, 5.74) is 4.89. The second-order valence-corrected chi connectivity index (χ2v) is 4.81. The lowest BCUT2D eigenvalue weighted by molar-refractivity contribution is 0.103. The van der Waals surface area contributed by atoms with Gasteiger partial charge >= 0.3 is 0 Å². The van der Waals surface area contributed by atoms with Crippen molar-refractivity contribution in [1.82, 2.24) is 0 Å². The summed E-state index contributed by atoms with van der Waals surface area (Å²) in [6, 6.07) is 4.32. The van der Waals surface area contributed by atoms with Gasteiger partial charge in [-0.1, -0.05) is 38.8 Å². The Bertz CT molecular complexity index is 351. The maximum atomic E-state index is 10.4. The van der Waals surface area contributed by atoms with Crippen molar-refractivity contribution in [2.75, 3.05) is 0 Å². The lowest BCUT2D eigenvalue weighted by Crippen LogP contribution is -2.12. The fraction of sp³-hybridized carbons (Fsp3) is 0.600. The number of aliphatic hydroxyl groups excluding tert-OH is 1. The van der Waals surface area contributed by atoms with Gasteiger partial charge in [-0.15, -0.1) is 0 Å². The fourth-order valence-corrected chi connectivity index (χ4v) is 2.29. The Balaban J connectivity index is 3.07. The third-order valence-electron chi connectivity index (χ3n) is 3.70. The zero-order valence-electron chi connectivity index (χ0n) is 11.2. The minimum atomic E-state index is -0.311. The molecule has 0 radical (unpaired) electrons. The van der Waals surface area contributed by atoms with Crippen molar-refractivity contribution in [2.45, 2.75) is 53.6 Å². The molecule has 0 saturated heterocycles. The summed E-state index contributed by atoms with van der Waals surface area (Å²) < 4.78 is 0. The Morgan fingerprint density at radius 2 is 1.44 bits per heavy atom. The number of aryl methyl sites for hydroxylation is 3. The van der Waals surface area contributed by atoms with Crippen molar-refractivity contribution < 1.29 is 5.11 Å². The SMILES string of the molecule is CCC(CC)C(O)c1cc(C)c(C)cc1C. The predicted molar refractivity (Wildman–Crippen MR) is 69.7 cm³/mol. The lowest BCUT2D eigenvalue weighted by Gasteiger charge is -2.23. The highest BCUT2D eigenvalue weighted by molar-refractivity contribution is 5.37. The Morgan fingerprint density at radius 1 is 0.938 bits per heavy atom. The fourth-order valence-electron chi connectivity index (χ4n) is 2.29. The van der Waals surface area contributed by atoms with Gasteiger partial charge in [-0.25, -0.2) is 0 Å². The van der Waals surface area contributed by atoms with Crippen LogP contribution in [0.15, 0.2) is 12.1 Å². The smallest absolute Gasteiger partial charge is 0.0820 e. The Labute approximate surface area is 99.5 Å². The summed E-state index contributed by atoms with van der Waals surface area (Å²) in [5, 5.41) is 10.4. The topological polar surface area (TPSA) is 20.2 Å². The van der Waals surface area contributed by atoms with Crippen molar-refractivity contribution in [2.24, 2.45) is 5.92 Å². The molecule has 1 N–H and O–H groups in total. The van der Waals surface area contributed by atoms with E-state index in [1.807, 2.05) is 0 Å². The summed E-state index contributed by atoms with van der Waals surface area (Å²) in [7, 11) is 0. The van der Waals surface area contributed by atoms with Crippen molar-refractivity contribution in [3.05, 3.63) is 34.4 Å². The van der Waals surface area contributed by atoms with Gasteiger partial charge in [0, 0.05) is 0 Å². The quantitative estimate of drug-likeness (QED) is 0.810. The molecule has 0 amide bonds. The first-order valence-corrected chi connectivity index (χ1v) is 6.27. The van der Waals surface area contributed by atoms with Gasteiger partial charge < -0.3 is 5.11 Å². The van der Waals surface area contributed by atoms with Crippen LogP contribution in [-0.2, 0) is 0 Å². The van der Waals surface area contributed by atoms with E-state index in [1.54, 1.807) is 0 Å². The van der Waals surface area contributed by atoms with Crippen LogP contribution in [0.25, 0.3) is 0 Å². The lowest BCUT2D eigenvalue weighted by atomic mass is 9.87. The van der Waals surface area contributed by atoms with Gasteiger partial charge in [0.05, 0.1) is 6.10 Å². The molecule has 0 aliphatic rings. The molecule has 1 unspecified atom stereocenters. The molecular weight excluding hydrogens is 196 g/mol. The Morgan fingerprint density at radius 3 is 1.94 bits per heavy atom. The number of hydrogen-bond acceptors (Lipinski definition) is 1. The van der Waals surface area contributed by atoms with Crippen LogP contribution < -0.4 is 0 Å². The molecule has 1 atom stereocenters. The monoisotopic (exact) mass is 220 g/mol. The van der Waals surface area contributed by atoms with Gasteiger partial charge in [0.25, 0.3) is 0 Å². The van der Waals surface area contributed by atoms with E-state index in [2.05, 4.69) is 46.8 Å². The molecule has 90 valence electrons. The van der Waals surface area contributed by atoms with Crippen LogP contribution in [0.1, 0.15) is 55.0 Å². The molecule has 1 heteroatoms. The van der Waals surface area contributed by atoms with Crippen molar-refractivity contribution in [1.29, 1.82) is 0 Å². The molecule has 1 nitrogen and oxygen atoms in total. The molecule has 0 bridgehead atoms. The van der Waals surface area contributed by atoms with E-state index in [9.17, 15) is 5.11 Å². The van der Waals surface area contributed by atoms with Crippen LogP contribution in [0, 0.1) is 26.7 Å².